The molecule has 8 heteroatoms. The van der Waals surface area contributed by atoms with Crippen LogP contribution in [-0.2, 0) is 28.6 Å². The number of unbranched alkanes of at least 4 members (excludes halogenated alkanes) is 12. The molecule has 240 valence electrons. The number of hydrogen-bond donors (Lipinski definition) is 1. The van der Waals surface area contributed by atoms with Gasteiger partial charge in [0, 0.05) is 19.3 Å². The fraction of sp³-hybridized carbons (Fsp3) is 0.848. The van der Waals surface area contributed by atoms with E-state index in [1.807, 2.05) is 21.1 Å². The third kappa shape index (κ3) is 24.4. The summed E-state index contributed by atoms with van der Waals surface area (Å²) < 4.78 is 17.0. The maximum atomic E-state index is 12.5. The van der Waals surface area contributed by atoms with E-state index in [4.69, 9.17) is 14.2 Å². The lowest BCUT2D eigenvalue weighted by molar-refractivity contribution is -0.887. The highest BCUT2D eigenvalue weighted by atomic mass is 16.6. The molecule has 0 spiro atoms. The number of ether oxygens (including phenoxy) is 3. The third-order valence-electron chi connectivity index (χ3n) is 7.16. The lowest BCUT2D eigenvalue weighted by atomic mass is 10.1. The summed E-state index contributed by atoms with van der Waals surface area (Å²) in [5.41, 5.74) is 0. The third-order valence-corrected chi connectivity index (χ3v) is 7.16. The molecule has 41 heavy (non-hydrogen) atoms. The largest absolute Gasteiger partial charge is 0.477 e. The van der Waals surface area contributed by atoms with E-state index in [2.05, 4.69) is 26.0 Å². The number of carbonyl (C=O) groups excluding carboxylic acids is 2. The van der Waals surface area contributed by atoms with Crippen LogP contribution in [-0.4, -0.2) is 80.6 Å². The predicted molar refractivity (Wildman–Crippen MR) is 165 cm³/mol. The van der Waals surface area contributed by atoms with Gasteiger partial charge in [-0.05, 0) is 32.1 Å². The molecule has 0 aliphatic heterocycles. The molecule has 0 saturated carbocycles. The van der Waals surface area contributed by atoms with Gasteiger partial charge in [-0.15, -0.1) is 0 Å². The van der Waals surface area contributed by atoms with Crippen molar-refractivity contribution in [2.75, 3.05) is 41.0 Å². The smallest absolute Gasteiger partial charge is 0.362 e. The van der Waals surface area contributed by atoms with Gasteiger partial charge in [-0.3, -0.25) is 9.59 Å². The minimum Gasteiger partial charge on any atom is -0.477 e. The van der Waals surface area contributed by atoms with Crippen LogP contribution in [0.4, 0.5) is 0 Å². The van der Waals surface area contributed by atoms with Crippen LogP contribution >= 0.6 is 0 Å². The van der Waals surface area contributed by atoms with Crippen molar-refractivity contribution in [2.45, 2.75) is 142 Å². The normalized spacial score (nSPS) is 13.3. The van der Waals surface area contributed by atoms with Crippen LogP contribution in [0.1, 0.15) is 129 Å². The predicted octanol–water partition coefficient (Wildman–Crippen LogP) is 7.24. The quantitative estimate of drug-likeness (QED) is 0.0448. The molecule has 0 aromatic heterocycles. The van der Waals surface area contributed by atoms with Gasteiger partial charge in [0.1, 0.15) is 6.61 Å². The summed E-state index contributed by atoms with van der Waals surface area (Å²) in [5, 5.41) is 9.52. The highest BCUT2D eigenvalue weighted by Gasteiger charge is 2.31. The first-order valence-electron chi connectivity index (χ1n) is 16.2. The Hall–Kier alpha value is -1.93. The minimum absolute atomic E-state index is 0.0535. The van der Waals surface area contributed by atoms with Gasteiger partial charge in [-0.1, -0.05) is 90.2 Å². The molecule has 0 saturated heterocycles. The van der Waals surface area contributed by atoms with Crippen molar-refractivity contribution in [1.82, 2.24) is 0 Å². The van der Waals surface area contributed by atoms with Crippen molar-refractivity contribution in [3.05, 3.63) is 12.2 Å². The number of rotatable bonds is 28. The van der Waals surface area contributed by atoms with Gasteiger partial charge in [-0.2, -0.15) is 0 Å². The second kappa shape index (κ2) is 25.8. The number of likely N-dealkylation sites (N-methyl/N-ethyl adjacent to an activating group) is 1. The van der Waals surface area contributed by atoms with Crippen LogP contribution in [0, 0.1) is 0 Å². The van der Waals surface area contributed by atoms with Crippen molar-refractivity contribution >= 4 is 17.9 Å². The lowest BCUT2D eigenvalue weighted by Gasteiger charge is -2.31. The summed E-state index contributed by atoms with van der Waals surface area (Å²) in [6, 6.07) is -0.611. The zero-order valence-electron chi connectivity index (χ0n) is 27.0. The average Bonchev–Trinajstić information content (AvgIpc) is 2.91. The molecule has 0 aromatic rings. The Morgan fingerprint density at radius 1 is 0.707 bits per heavy atom. The summed E-state index contributed by atoms with van der Waals surface area (Å²) in [7, 11) is 5.49. The van der Waals surface area contributed by atoms with Crippen molar-refractivity contribution in [3.8, 4) is 0 Å². The van der Waals surface area contributed by atoms with E-state index in [0.29, 0.717) is 19.3 Å². The maximum Gasteiger partial charge on any atom is 0.362 e. The Morgan fingerprint density at radius 2 is 1.24 bits per heavy atom. The van der Waals surface area contributed by atoms with Crippen molar-refractivity contribution in [3.63, 3.8) is 0 Å². The standard InChI is InChI=1S/C33H61NO7/c1-6-8-10-12-14-16-18-20-22-24-32(36)41-29(27-39-26-25-30(33(37)38)34(3,4)5)28-40-31(35)23-21-19-17-15-13-11-9-7-2/h16,18,29-30H,6-15,17,19-28H2,1-5H3/p+1/b18-16+. The molecule has 2 atom stereocenters. The number of hydrogen-bond acceptors (Lipinski definition) is 6. The van der Waals surface area contributed by atoms with Crippen LogP contribution < -0.4 is 0 Å². The molecule has 0 radical (unpaired) electrons. The summed E-state index contributed by atoms with van der Waals surface area (Å²) in [4.78, 5) is 36.4. The van der Waals surface area contributed by atoms with Gasteiger partial charge >= 0.3 is 17.9 Å². The number of esters is 2. The van der Waals surface area contributed by atoms with Crippen LogP contribution in [0.15, 0.2) is 12.2 Å². The van der Waals surface area contributed by atoms with Crippen molar-refractivity contribution in [2.24, 2.45) is 0 Å². The van der Waals surface area contributed by atoms with E-state index in [1.165, 1.54) is 57.8 Å². The minimum atomic E-state index is -0.881. The SMILES string of the molecule is CCCCCC/C=C/CCCC(=O)OC(COCCC(C(=O)O)[N+](C)(C)C)COC(=O)CCCCCCCCCC. The Bertz CT molecular complexity index is 702. The number of quaternary nitrogens is 1. The second-order valence-electron chi connectivity index (χ2n) is 12.1. The van der Waals surface area contributed by atoms with Crippen LogP contribution in [0.5, 0.6) is 0 Å². The first-order chi connectivity index (χ1) is 19.6. The zero-order valence-corrected chi connectivity index (χ0v) is 27.0. The molecular formula is C33H62NO7+. The molecule has 0 amide bonds. The van der Waals surface area contributed by atoms with E-state index < -0.39 is 18.1 Å². The summed E-state index contributed by atoms with van der Waals surface area (Å²) in [5.74, 6) is -1.52. The molecule has 0 aliphatic carbocycles. The highest BCUT2D eigenvalue weighted by molar-refractivity contribution is 5.72. The Kier molecular flexibility index (Phi) is 24.5. The molecule has 2 unspecified atom stereocenters. The monoisotopic (exact) mass is 584 g/mol. The molecule has 0 rings (SSSR count). The molecule has 0 bridgehead atoms. The van der Waals surface area contributed by atoms with E-state index in [-0.39, 0.29) is 42.7 Å². The fourth-order valence-corrected chi connectivity index (χ4v) is 4.56. The summed E-state index contributed by atoms with van der Waals surface area (Å²) >= 11 is 0. The number of allylic oxidation sites excluding steroid dienone is 2. The van der Waals surface area contributed by atoms with Crippen LogP contribution in [0.25, 0.3) is 0 Å². The Labute approximate surface area is 250 Å². The second-order valence-corrected chi connectivity index (χ2v) is 12.1. The lowest BCUT2D eigenvalue weighted by Crippen LogP contribution is -2.50. The molecule has 0 aromatic carbocycles. The highest BCUT2D eigenvalue weighted by Crippen LogP contribution is 2.12. The van der Waals surface area contributed by atoms with Crippen LogP contribution in [0.3, 0.4) is 0 Å². The average molecular weight is 585 g/mol. The van der Waals surface area contributed by atoms with Gasteiger partial charge in [0.15, 0.2) is 12.1 Å². The van der Waals surface area contributed by atoms with Gasteiger partial charge in [-0.25, -0.2) is 4.79 Å². The van der Waals surface area contributed by atoms with E-state index >= 15 is 0 Å². The van der Waals surface area contributed by atoms with Crippen molar-refractivity contribution in [1.29, 1.82) is 0 Å². The van der Waals surface area contributed by atoms with Gasteiger partial charge in [0.25, 0.3) is 0 Å². The molecule has 0 heterocycles. The molecule has 0 aliphatic rings. The fourth-order valence-electron chi connectivity index (χ4n) is 4.56. The van der Waals surface area contributed by atoms with E-state index in [1.54, 1.807) is 0 Å². The summed E-state index contributed by atoms with van der Waals surface area (Å²) in [6.07, 6.45) is 21.3. The number of aliphatic carboxylic acids is 1. The molecule has 8 nitrogen and oxygen atoms in total. The molecule has 0 fully saturated rings. The maximum absolute atomic E-state index is 12.5. The van der Waals surface area contributed by atoms with E-state index in [0.717, 1.165) is 32.1 Å². The first-order valence-corrected chi connectivity index (χ1v) is 16.2. The molecule has 1 N–H and O–H groups in total. The van der Waals surface area contributed by atoms with E-state index in [9.17, 15) is 19.5 Å². The Balaban J connectivity index is 4.55. The topological polar surface area (TPSA) is 99.1 Å². The van der Waals surface area contributed by atoms with Gasteiger partial charge in [0.2, 0.25) is 0 Å². The number of nitrogens with zero attached hydrogens (tertiary/aromatic N) is 1. The van der Waals surface area contributed by atoms with Gasteiger partial charge in [0.05, 0.1) is 34.4 Å². The first kappa shape index (κ1) is 39.1. The number of carboxylic acid groups (broad SMARTS) is 1. The number of carboxylic acids is 1. The van der Waals surface area contributed by atoms with Crippen LogP contribution in [0.2, 0.25) is 0 Å². The van der Waals surface area contributed by atoms with Gasteiger partial charge < -0.3 is 23.8 Å². The Morgan fingerprint density at radius 3 is 1.83 bits per heavy atom. The molecular weight excluding hydrogens is 522 g/mol. The van der Waals surface area contributed by atoms with Crippen molar-refractivity contribution < 1.29 is 38.2 Å². The summed E-state index contributed by atoms with van der Waals surface area (Å²) in [6.45, 7) is 4.61. The number of carbonyl (C=O) groups is 3. The zero-order chi connectivity index (χ0) is 30.8.